The fourth-order valence-corrected chi connectivity index (χ4v) is 1.87. The van der Waals surface area contributed by atoms with Crippen LogP contribution < -0.4 is 10.6 Å². The number of rotatable bonds is 14. The molecule has 0 bridgehead atoms. The molecule has 0 aromatic rings. The van der Waals surface area contributed by atoms with E-state index in [4.69, 9.17) is 9.47 Å². The number of carbonyl (C=O) groups excluding carboxylic acids is 2. The summed E-state index contributed by atoms with van der Waals surface area (Å²) in [6.07, 6.45) is 3.92. The Kier molecular flexibility index (Phi) is 14.6. The summed E-state index contributed by atoms with van der Waals surface area (Å²) in [5, 5.41) is 5.38. The van der Waals surface area contributed by atoms with Gasteiger partial charge in [0.05, 0.1) is 33.5 Å². The Morgan fingerprint density at radius 1 is 0.957 bits per heavy atom. The maximum Gasteiger partial charge on any atom is 0.406 e. The summed E-state index contributed by atoms with van der Waals surface area (Å²) in [4.78, 5) is 22.5. The number of hydrogen-bond donors (Lipinski definition) is 2. The van der Waals surface area contributed by atoms with E-state index < -0.39 is 6.09 Å². The highest BCUT2D eigenvalue weighted by Crippen LogP contribution is 2.08. The molecule has 1 unspecified atom stereocenters. The summed E-state index contributed by atoms with van der Waals surface area (Å²) in [6.45, 7) is 6.81. The van der Waals surface area contributed by atoms with Gasteiger partial charge < -0.3 is 24.8 Å². The lowest BCUT2D eigenvalue weighted by Gasteiger charge is -2.12. The first-order valence-corrected chi connectivity index (χ1v) is 8.36. The first-order chi connectivity index (χ1) is 11.1. The second-order valence-electron chi connectivity index (χ2n) is 5.33. The number of hydrogen-bond acceptors (Lipinski definition) is 5. The Balaban J connectivity index is 3.32. The number of amides is 2. The molecule has 23 heavy (non-hydrogen) atoms. The third-order valence-corrected chi connectivity index (χ3v) is 3.31. The van der Waals surface area contributed by atoms with Crippen LogP contribution in [0.25, 0.3) is 0 Å². The van der Waals surface area contributed by atoms with Crippen LogP contribution in [0.1, 0.15) is 39.5 Å². The number of alkyl carbamates (subject to hydrolysis) is 1. The van der Waals surface area contributed by atoms with Crippen LogP contribution in [0.2, 0.25) is 0 Å². The van der Waals surface area contributed by atoms with Gasteiger partial charge in [-0.15, -0.1) is 0 Å². The van der Waals surface area contributed by atoms with E-state index in [-0.39, 0.29) is 11.8 Å². The predicted molar refractivity (Wildman–Crippen MR) is 88.4 cm³/mol. The lowest BCUT2D eigenvalue weighted by molar-refractivity contribution is -0.125. The fourth-order valence-electron chi connectivity index (χ4n) is 1.87. The van der Waals surface area contributed by atoms with Crippen LogP contribution in [-0.2, 0) is 19.0 Å². The Hall–Kier alpha value is -1.34. The number of ether oxygens (including phenoxy) is 3. The summed E-state index contributed by atoms with van der Waals surface area (Å²) in [7, 11) is 1.31. The highest BCUT2D eigenvalue weighted by atomic mass is 16.5. The van der Waals surface area contributed by atoms with Crippen LogP contribution in [-0.4, -0.2) is 58.6 Å². The van der Waals surface area contributed by atoms with E-state index in [1.165, 1.54) is 20.0 Å². The van der Waals surface area contributed by atoms with Crippen molar-refractivity contribution in [1.29, 1.82) is 0 Å². The lowest BCUT2D eigenvalue weighted by atomic mass is 10.0. The minimum Gasteiger partial charge on any atom is -0.453 e. The van der Waals surface area contributed by atoms with Gasteiger partial charge in [0.15, 0.2) is 0 Å². The molecule has 0 fully saturated rings. The van der Waals surface area contributed by atoms with Crippen molar-refractivity contribution in [3.63, 3.8) is 0 Å². The molecule has 0 saturated carbocycles. The Labute approximate surface area is 139 Å². The van der Waals surface area contributed by atoms with Crippen molar-refractivity contribution in [1.82, 2.24) is 10.6 Å². The SMILES string of the molecule is CCCCCC(C)C(=O)NCCOCCOCCNC(=O)OC. The summed E-state index contributed by atoms with van der Waals surface area (Å²) < 4.78 is 15.0. The highest BCUT2D eigenvalue weighted by Gasteiger charge is 2.11. The number of nitrogens with one attached hydrogen (secondary N) is 2. The molecular formula is C16H32N2O5. The van der Waals surface area contributed by atoms with Gasteiger partial charge >= 0.3 is 6.09 Å². The van der Waals surface area contributed by atoms with Crippen molar-refractivity contribution in [3.05, 3.63) is 0 Å². The molecule has 0 aliphatic rings. The summed E-state index contributed by atoms with van der Waals surface area (Å²) in [6, 6.07) is 0. The molecule has 0 spiro atoms. The highest BCUT2D eigenvalue weighted by molar-refractivity contribution is 5.78. The maximum absolute atomic E-state index is 11.8. The fraction of sp³-hybridized carbons (Fsp3) is 0.875. The van der Waals surface area contributed by atoms with E-state index in [2.05, 4.69) is 22.3 Å². The summed E-state index contributed by atoms with van der Waals surface area (Å²) in [5.74, 6) is 0.155. The Morgan fingerprint density at radius 3 is 2.13 bits per heavy atom. The third kappa shape index (κ3) is 14.0. The van der Waals surface area contributed by atoms with Crippen molar-refractivity contribution >= 4 is 12.0 Å². The monoisotopic (exact) mass is 332 g/mol. The van der Waals surface area contributed by atoms with E-state index in [1.54, 1.807) is 0 Å². The summed E-state index contributed by atoms with van der Waals surface area (Å²) >= 11 is 0. The van der Waals surface area contributed by atoms with Crippen molar-refractivity contribution in [3.8, 4) is 0 Å². The van der Waals surface area contributed by atoms with Crippen LogP contribution in [0.3, 0.4) is 0 Å². The van der Waals surface area contributed by atoms with Crippen molar-refractivity contribution in [2.24, 2.45) is 5.92 Å². The number of unbranched alkanes of at least 4 members (excludes halogenated alkanes) is 2. The largest absolute Gasteiger partial charge is 0.453 e. The molecule has 7 nitrogen and oxygen atoms in total. The van der Waals surface area contributed by atoms with Gasteiger partial charge in [0.25, 0.3) is 0 Å². The van der Waals surface area contributed by atoms with Crippen LogP contribution in [0, 0.1) is 5.92 Å². The van der Waals surface area contributed by atoms with E-state index in [0.29, 0.717) is 39.5 Å². The standard InChI is InChI=1S/C16H32N2O5/c1-4-5-6-7-14(2)15(19)17-8-10-22-12-13-23-11-9-18-16(20)21-3/h14H,4-13H2,1-3H3,(H,17,19)(H,18,20). The Bertz CT molecular complexity index is 313. The zero-order chi connectivity index (χ0) is 17.3. The van der Waals surface area contributed by atoms with Crippen molar-refractivity contribution in [2.75, 3.05) is 46.6 Å². The molecular weight excluding hydrogens is 300 g/mol. The topological polar surface area (TPSA) is 85.9 Å². The van der Waals surface area contributed by atoms with E-state index in [1.807, 2.05) is 6.92 Å². The van der Waals surface area contributed by atoms with Crippen LogP contribution in [0.15, 0.2) is 0 Å². The van der Waals surface area contributed by atoms with E-state index in [9.17, 15) is 9.59 Å². The molecule has 7 heteroatoms. The smallest absolute Gasteiger partial charge is 0.406 e. The van der Waals surface area contributed by atoms with Crippen LogP contribution in [0.4, 0.5) is 4.79 Å². The first-order valence-electron chi connectivity index (χ1n) is 8.36. The van der Waals surface area contributed by atoms with Crippen LogP contribution >= 0.6 is 0 Å². The molecule has 0 heterocycles. The zero-order valence-corrected chi connectivity index (χ0v) is 14.7. The minimum absolute atomic E-state index is 0.0622. The quantitative estimate of drug-likeness (QED) is 0.473. The summed E-state index contributed by atoms with van der Waals surface area (Å²) in [5.41, 5.74) is 0. The van der Waals surface area contributed by atoms with Gasteiger partial charge in [0.1, 0.15) is 0 Å². The average molecular weight is 332 g/mol. The predicted octanol–water partition coefficient (Wildman–Crippen LogP) is 1.71. The average Bonchev–Trinajstić information content (AvgIpc) is 2.56. The molecule has 0 aromatic heterocycles. The number of carbonyl (C=O) groups is 2. The first kappa shape index (κ1) is 21.7. The van der Waals surface area contributed by atoms with Gasteiger partial charge in [-0.05, 0) is 6.42 Å². The van der Waals surface area contributed by atoms with Crippen molar-refractivity contribution in [2.45, 2.75) is 39.5 Å². The van der Waals surface area contributed by atoms with Crippen LogP contribution in [0.5, 0.6) is 0 Å². The molecule has 1 atom stereocenters. The second kappa shape index (κ2) is 15.6. The van der Waals surface area contributed by atoms with Gasteiger partial charge in [-0.1, -0.05) is 33.1 Å². The van der Waals surface area contributed by atoms with Gasteiger partial charge in [-0.3, -0.25) is 4.79 Å². The molecule has 0 aliphatic carbocycles. The molecule has 0 radical (unpaired) electrons. The molecule has 0 aromatic carbocycles. The Morgan fingerprint density at radius 2 is 1.57 bits per heavy atom. The normalized spacial score (nSPS) is 11.8. The molecule has 136 valence electrons. The molecule has 2 amide bonds. The molecule has 0 rings (SSSR count). The van der Waals surface area contributed by atoms with E-state index >= 15 is 0 Å². The van der Waals surface area contributed by atoms with Gasteiger partial charge in [0.2, 0.25) is 5.91 Å². The lowest BCUT2D eigenvalue weighted by Crippen LogP contribution is -2.32. The second-order valence-corrected chi connectivity index (χ2v) is 5.33. The molecule has 0 saturated heterocycles. The van der Waals surface area contributed by atoms with Gasteiger partial charge in [-0.2, -0.15) is 0 Å². The van der Waals surface area contributed by atoms with Gasteiger partial charge in [0, 0.05) is 19.0 Å². The maximum atomic E-state index is 11.8. The number of methoxy groups -OCH3 is 1. The van der Waals surface area contributed by atoms with Gasteiger partial charge in [-0.25, -0.2) is 4.79 Å². The molecule has 2 N–H and O–H groups in total. The zero-order valence-electron chi connectivity index (χ0n) is 14.7. The third-order valence-electron chi connectivity index (χ3n) is 3.31. The van der Waals surface area contributed by atoms with E-state index in [0.717, 1.165) is 12.8 Å². The minimum atomic E-state index is -0.468. The van der Waals surface area contributed by atoms with Crippen molar-refractivity contribution < 1.29 is 23.8 Å². The molecule has 0 aliphatic heterocycles.